The third-order valence-electron chi connectivity index (χ3n) is 3.34. The van der Waals surface area contributed by atoms with Gasteiger partial charge in [-0.3, -0.25) is 9.67 Å². The Morgan fingerprint density at radius 2 is 2.10 bits per heavy atom. The lowest BCUT2D eigenvalue weighted by molar-refractivity contribution is 0.503. The number of pyridine rings is 1. The SMILES string of the molecule is CCNC(Cc1ccc(Br)cn1)c1cc(CC)nn1C. The van der Waals surface area contributed by atoms with E-state index in [-0.39, 0.29) is 6.04 Å². The number of hydrogen-bond acceptors (Lipinski definition) is 3. The van der Waals surface area contributed by atoms with E-state index in [0.29, 0.717) is 0 Å². The lowest BCUT2D eigenvalue weighted by atomic mass is 10.1. The molecule has 2 rings (SSSR count). The monoisotopic (exact) mass is 336 g/mol. The first kappa shape index (κ1) is 15.2. The first-order valence-corrected chi connectivity index (χ1v) is 7.80. The van der Waals surface area contributed by atoms with E-state index < -0.39 is 0 Å². The Morgan fingerprint density at radius 1 is 1.30 bits per heavy atom. The topological polar surface area (TPSA) is 42.7 Å². The summed E-state index contributed by atoms with van der Waals surface area (Å²) in [6.45, 7) is 5.18. The molecular formula is C15H21BrN4. The van der Waals surface area contributed by atoms with E-state index in [1.807, 2.05) is 24.0 Å². The second-order valence-corrected chi connectivity index (χ2v) is 5.74. The summed E-state index contributed by atoms with van der Waals surface area (Å²) in [6, 6.07) is 6.52. The molecule has 2 aromatic heterocycles. The molecule has 0 saturated carbocycles. The van der Waals surface area contributed by atoms with Crippen molar-refractivity contribution in [3.8, 4) is 0 Å². The predicted octanol–water partition coefficient (Wildman–Crippen LogP) is 3.03. The van der Waals surface area contributed by atoms with Gasteiger partial charge in [-0.05, 0) is 47.1 Å². The third-order valence-corrected chi connectivity index (χ3v) is 3.81. The maximum absolute atomic E-state index is 4.54. The molecule has 1 unspecified atom stereocenters. The minimum absolute atomic E-state index is 0.242. The summed E-state index contributed by atoms with van der Waals surface area (Å²) in [4.78, 5) is 4.47. The second kappa shape index (κ2) is 6.99. The van der Waals surface area contributed by atoms with E-state index >= 15 is 0 Å². The zero-order valence-electron chi connectivity index (χ0n) is 12.2. The standard InChI is InChI=1S/C15H21BrN4/c1-4-12-9-15(20(3)19-12)14(17-5-2)8-13-7-6-11(16)10-18-13/h6-7,9-10,14,17H,4-5,8H2,1-3H3. The highest BCUT2D eigenvalue weighted by molar-refractivity contribution is 9.10. The maximum atomic E-state index is 4.54. The van der Waals surface area contributed by atoms with E-state index in [4.69, 9.17) is 0 Å². The highest BCUT2D eigenvalue weighted by Gasteiger charge is 2.16. The Balaban J connectivity index is 2.21. The van der Waals surface area contributed by atoms with E-state index in [1.54, 1.807) is 0 Å². The molecule has 2 aromatic rings. The Bertz CT molecular complexity index is 548. The summed E-state index contributed by atoms with van der Waals surface area (Å²) in [7, 11) is 2.01. The summed E-state index contributed by atoms with van der Waals surface area (Å²) < 4.78 is 2.99. The van der Waals surface area contributed by atoms with Gasteiger partial charge < -0.3 is 5.32 Å². The van der Waals surface area contributed by atoms with Crippen LogP contribution < -0.4 is 5.32 Å². The van der Waals surface area contributed by atoms with Crippen LogP contribution in [0.1, 0.15) is 37.0 Å². The van der Waals surface area contributed by atoms with Crippen molar-refractivity contribution < 1.29 is 0 Å². The molecule has 0 aliphatic carbocycles. The van der Waals surface area contributed by atoms with Gasteiger partial charge in [-0.1, -0.05) is 13.8 Å². The van der Waals surface area contributed by atoms with Gasteiger partial charge in [0.1, 0.15) is 0 Å². The molecular weight excluding hydrogens is 316 g/mol. The summed E-state index contributed by atoms with van der Waals surface area (Å²) >= 11 is 3.42. The Labute approximate surface area is 128 Å². The summed E-state index contributed by atoms with van der Waals surface area (Å²) in [6.07, 6.45) is 3.67. The largest absolute Gasteiger partial charge is 0.309 e. The first-order chi connectivity index (χ1) is 9.63. The minimum atomic E-state index is 0.242. The first-order valence-electron chi connectivity index (χ1n) is 7.00. The van der Waals surface area contributed by atoms with Crippen molar-refractivity contribution in [3.05, 3.63) is 46.0 Å². The van der Waals surface area contributed by atoms with Crippen molar-refractivity contribution in [2.75, 3.05) is 6.54 Å². The lowest BCUT2D eigenvalue weighted by Gasteiger charge is -2.17. The highest BCUT2D eigenvalue weighted by atomic mass is 79.9. The molecule has 0 aliphatic heterocycles. The third kappa shape index (κ3) is 3.67. The maximum Gasteiger partial charge on any atom is 0.0625 e. The van der Waals surface area contributed by atoms with Crippen molar-refractivity contribution >= 4 is 15.9 Å². The fourth-order valence-corrected chi connectivity index (χ4v) is 2.54. The molecule has 20 heavy (non-hydrogen) atoms. The highest BCUT2D eigenvalue weighted by Crippen LogP contribution is 2.19. The predicted molar refractivity (Wildman–Crippen MR) is 84.6 cm³/mol. The summed E-state index contributed by atoms with van der Waals surface area (Å²) in [5.74, 6) is 0. The van der Waals surface area contributed by atoms with Crippen molar-refractivity contribution in [3.63, 3.8) is 0 Å². The zero-order chi connectivity index (χ0) is 14.5. The number of nitrogens with zero attached hydrogens (tertiary/aromatic N) is 3. The average Bonchev–Trinajstić information content (AvgIpc) is 2.82. The molecule has 1 atom stereocenters. The van der Waals surface area contributed by atoms with Crippen LogP contribution >= 0.6 is 15.9 Å². The number of aromatic nitrogens is 3. The molecule has 0 bridgehead atoms. The molecule has 5 heteroatoms. The van der Waals surface area contributed by atoms with Crippen LogP contribution in [-0.2, 0) is 19.9 Å². The molecule has 0 saturated heterocycles. The minimum Gasteiger partial charge on any atom is -0.309 e. The van der Waals surface area contributed by atoms with E-state index in [9.17, 15) is 0 Å². The van der Waals surface area contributed by atoms with Crippen LogP contribution in [0.4, 0.5) is 0 Å². The van der Waals surface area contributed by atoms with E-state index in [0.717, 1.165) is 35.2 Å². The quantitative estimate of drug-likeness (QED) is 0.881. The van der Waals surface area contributed by atoms with Crippen LogP contribution in [0.5, 0.6) is 0 Å². The normalized spacial score (nSPS) is 12.6. The van der Waals surface area contributed by atoms with Gasteiger partial charge in [-0.25, -0.2) is 0 Å². The van der Waals surface area contributed by atoms with Crippen molar-refractivity contribution in [2.45, 2.75) is 32.7 Å². The zero-order valence-corrected chi connectivity index (χ0v) is 13.8. The average molecular weight is 337 g/mol. The molecule has 0 aliphatic rings. The van der Waals surface area contributed by atoms with Gasteiger partial charge in [-0.2, -0.15) is 5.10 Å². The second-order valence-electron chi connectivity index (χ2n) is 4.82. The molecule has 0 fully saturated rings. The van der Waals surface area contributed by atoms with Crippen LogP contribution in [0.15, 0.2) is 28.9 Å². The molecule has 0 amide bonds. The summed E-state index contributed by atoms with van der Waals surface area (Å²) in [5.41, 5.74) is 3.43. The van der Waals surface area contributed by atoms with Crippen LogP contribution in [-0.4, -0.2) is 21.3 Å². The summed E-state index contributed by atoms with van der Waals surface area (Å²) in [5, 5.41) is 8.06. The van der Waals surface area contributed by atoms with Crippen molar-refractivity contribution in [1.29, 1.82) is 0 Å². The fraction of sp³-hybridized carbons (Fsp3) is 0.467. The van der Waals surface area contributed by atoms with Gasteiger partial charge in [0, 0.05) is 29.8 Å². The molecule has 4 nitrogen and oxygen atoms in total. The molecule has 0 spiro atoms. The number of halogens is 1. The van der Waals surface area contributed by atoms with Crippen LogP contribution in [0, 0.1) is 0 Å². The Morgan fingerprint density at radius 3 is 2.65 bits per heavy atom. The van der Waals surface area contributed by atoms with E-state index in [1.165, 1.54) is 5.69 Å². The number of nitrogens with one attached hydrogen (secondary N) is 1. The smallest absolute Gasteiger partial charge is 0.0625 e. The van der Waals surface area contributed by atoms with Gasteiger partial charge in [-0.15, -0.1) is 0 Å². The van der Waals surface area contributed by atoms with Gasteiger partial charge in [0.15, 0.2) is 0 Å². The van der Waals surface area contributed by atoms with Crippen LogP contribution in [0.2, 0.25) is 0 Å². The number of likely N-dealkylation sites (N-methyl/N-ethyl adjacent to an activating group) is 1. The molecule has 108 valence electrons. The Hall–Kier alpha value is -1.20. The van der Waals surface area contributed by atoms with Gasteiger partial charge >= 0.3 is 0 Å². The molecule has 2 heterocycles. The van der Waals surface area contributed by atoms with Crippen LogP contribution in [0.3, 0.4) is 0 Å². The number of rotatable bonds is 6. The van der Waals surface area contributed by atoms with E-state index in [2.05, 4.69) is 57.3 Å². The van der Waals surface area contributed by atoms with Gasteiger partial charge in [0.25, 0.3) is 0 Å². The molecule has 0 radical (unpaired) electrons. The van der Waals surface area contributed by atoms with Crippen LogP contribution in [0.25, 0.3) is 0 Å². The number of aryl methyl sites for hydroxylation is 2. The Kier molecular flexibility index (Phi) is 5.31. The van der Waals surface area contributed by atoms with Gasteiger partial charge in [0.05, 0.1) is 17.4 Å². The van der Waals surface area contributed by atoms with Gasteiger partial charge in [0.2, 0.25) is 0 Å². The molecule has 0 aromatic carbocycles. The van der Waals surface area contributed by atoms with Crippen molar-refractivity contribution in [1.82, 2.24) is 20.1 Å². The fourth-order valence-electron chi connectivity index (χ4n) is 2.31. The lowest BCUT2D eigenvalue weighted by Crippen LogP contribution is -2.25. The molecule has 1 N–H and O–H groups in total. The van der Waals surface area contributed by atoms with Crippen molar-refractivity contribution in [2.24, 2.45) is 7.05 Å². The number of hydrogen-bond donors (Lipinski definition) is 1.